The van der Waals surface area contributed by atoms with E-state index in [9.17, 15) is 4.79 Å². The van der Waals surface area contributed by atoms with Gasteiger partial charge in [-0.3, -0.25) is 4.79 Å². The van der Waals surface area contributed by atoms with Gasteiger partial charge < -0.3 is 9.64 Å². The summed E-state index contributed by atoms with van der Waals surface area (Å²) in [6, 6.07) is 5.94. The van der Waals surface area contributed by atoms with Gasteiger partial charge in [0, 0.05) is 19.2 Å². The van der Waals surface area contributed by atoms with Crippen molar-refractivity contribution in [3.8, 4) is 5.75 Å². The van der Waals surface area contributed by atoms with Crippen LogP contribution in [0.15, 0.2) is 18.2 Å². The minimum atomic E-state index is 0.108. The highest BCUT2D eigenvalue weighted by molar-refractivity contribution is 5.93. The van der Waals surface area contributed by atoms with Gasteiger partial charge in [0.05, 0.1) is 6.10 Å². The van der Waals surface area contributed by atoms with Gasteiger partial charge in [0.15, 0.2) is 0 Å². The topological polar surface area (TPSA) is 29.5 Å². The third kappa shape index (κ3) is 2.03. The predicted octanol–water partition coefficient (Wildman–Crippen LogP) is 2.38. The lowest BCUT2D eigenvalue weighted by Crippen LogP contribution is -2.25. The molecule has 0 atom stereocenters. The van der Waals surface area contributed by atoms with Crippen molar-refractivity contribution in [2.24, 2.45) is 0 Å². The third-order valence-electron chi connectivity index (χ3n) is 2.70. The number of anilines is 1. The first-order valence-electron chi connectivity index (χ1n) is 5.65. The van der Waals surface area contributed by atoms with E-state index in [0.717, 1.165) is 24.4 Å². The zero-order valence-corrected chi connectivity index (χ0v) is 9.99. The molecule has 3 nitrogen and oxygen atoms in total. The molecule has 0 radical (unpaired) electrons. The van der Waals surface area contributed by atoms with E-state index in [2.05, 4.69) is 0 Å². The van der Waals surface area contributed by atoms with Gasteiger partial charge in [-0.2, -0.15) is 0 Å². The van der Waals surface area contributed by atoms with Gasteiger partial charge >= 0.3 is 0 Å². The summed E-state index contributed by atoms with van der Waals surface area (Å²) >= 11 is 0. The monoisotopic (exact) mass is 219 g/mol. The fourth-order valence-corrected chi connectivity index (χ4v) is 2.05. The lowest BCUT2D eigenvalue weighted by molar-refractivity contribution is -0.116. The Balaban J connectivity index is 2.25. The van der Waals surface area contributed by atoms with Crippen molar-refractivity contribution in [3.05, 3.63) is 23.8 Å². The summed E-state index contributed by atoms with van der Waals surface area (Å²) in [6.45, 7) is 6.41. The zero-order valence-electron chi connectivity index (χ0n) is 9.99. The number of fused-ring (bicyclic) bond motifs is 1. The van der Waals surface area contributed by atoms with Crippen molar-refractivity contribution in [2.75, 3.05) is 11.4 Å². The number of carbonyl (C=O) groups is 1. The summed E-state index contributed by atoms with van der Waals surface area (Å²) < 4.78 is 5.63. The van der Waals surface area contributed by atoms with Gasteiger partial charge in [-0.15, -0.1) is 0 Å². The van der Waals surface area contributed by atoms with Gasteiger partial charge in [0.2, 0.25) is 5.91 Å². The Labute approximate surface area is 96.0 Å². The van der Waals surface area contributed by atoms with Crippen LogP contribution in [0.4, 0.5) is 5.69 Å². The largest absolute Gasteiger partial charge is 0.491 e. The number of amides is 1. The Hall–Kier alpha value is -1.51. The SMILES string of the molecule is CC(=O)N1CCc2cc(OC(C)C)ccc21. The molecule has 1 aromatic carbocycles. The summed E-state index contributed by atoms with van der Waals surface area (Å²) in [5, 5.41) is 0. The standard InChI is InChI=1S/C13H17NO2/c1-9(2)16-12-4-5-13-11(8-12)6-7-14(13)10(3)15/h4-5,8-9H,6-7H2,1-3H3. The Morgan fingerprint density at radius 1 is 1.44 bits per heavy atom. The van der Waals surface area contributed by atoms with Crippen molar-refractivity contribution >= 4 is 11.6 Å². The predicted molar refractivity (Wildman–Crippen MR) is 63.9 cm³/mol. The molecule has 16 heavy (non-hydrogen) atoms. The quantitative estimate of drug-likeness (QED) is 0.764. The molecule has 1 aromatic rings. The average molecular weight is 219 g/mol. The maximum Gasteiger partial charge on any atom is 0.223 e. The zero-order chi connectivity index (χ0) is 11.7. The molecule has 0 unspecified atom stereocenters. The van der Waals surface area contributed by atoms with Gasteiger partial charge in [0.25, 0.3) is 0 Å². The van der Waals surface area contributed by atoms with E-state index in [0.29, 0.717) is 0 Å². The van der Waals surface area contributed by atoms with E-state index < -0.39 is 0 Å². The van der Waals surface area contributed by atoms with Crippen LogP contribution in [-0.2, 0) is 11.2 Å². The Bertz CT molecular complexity index is 412. The highest BCUT2D eigenvalue weighted by Gasteiger charge is 2.22. The normalized spacial score (nSPS) is 14.1. The lowest BCUT2D eigenvalue weighted by Gasteiger charge is -2.15. The highest BCUT2D eigenvalue weighted by atomic mass is 16.5. The van der Waals surface area contributed by atoms with E-state index in [1.165, 1.54) is 5.56 Å². The Morgan fingerprint density at radius 2 is 2.19 bits per heavy atom. The number of nitrogens with zero attached hydrogens (tertiary/aromatic N) is 1. The number of carbonyl (C=O) groups excluding carboxylic acids is 1. The van der Waals surface area contributed by atoms with Gasteiger partial charge in [-0.25, -0.2) is 0 Å². The first-order chi connectivity index (χ1) is 7.58. The second kappa shape index (κ2) is 4.16. The summed E-state index contributed by atoms with van der Waals surface area (Å²) in [6.07, 6.45) is 1.10. The molecule has 3 heteroatoms. The second-order valence-corrected chi connectivity index (χ2v) is 4.38. The van der Waals surface area contributed by atoms with Crippen LogP contribution in [-0.4, -0.2) is 18.6 Å². The number of hydrogen-bond acceptors (Lipinski definition) is 2. The smallest absolute Gasteiger partial charge is 0.223 e. The maximum absolute atomic E-state index is 11.4. The van der Waals surface area contributed by atoms with Crippen LogP contribution in [0.3, 0.4) is 0 Å². The van der Waals surface area contributed by atoms with E-state index in [4.69, 9.17) is 4.74 Å². The molecule has 0 fully saturated rings. The van der Waals surface area contributed by atoms with Crippen LogP contribution >= 0.6 is 0 Å². The number of benzene rings is 1. The molecule has 1 amide bonds. The van der Waals surface area contributed by atoms with Crippen LogP contribution in [0.1, 0.15) is 26.3 Å². The first kappa shape index (κ1) is 11.0. The number of hydrogen-bond donors (Lipinski definition) is 0. The first-order valence-corrected chi connectivity index (χ1v) is 5.65. The molecule has 1 aliphatic heterocycles. The fraction of sp³-hybridized carbons (Fsp3) is 0.462. The minimum absolute atomic E-state index is 0.108. The highest BCUT2D eigenvalue weighted by Crippen LogP contribution is 2.31. The molecular formula is C13H17NO2. The molecule has 0 N–H and O–H groups in total. The second-order valence-electron chi connectivity index (χ2n) is 4.38. The summed E-state index contributed by atoms with van der Waals surface area (Å²) in [5.41, 5.74) is 2.23. The Morgan fingerprint density at radius 3 is 2.81 bits per heavy atom. The molecular weight excluding hydrogens is 202 g/mol. The lowest BCUT2D eigenvalue weighted by atomic mass is 10.1. The summed E-state index contributed by atoms with van der Waals surface area (Å²) in [7, 11) is 0. The van der Waals surface area contributed by atoms with E-state index >= 15 is 0 Å². The fourth-order valence-electron chi connectivity index (χ4n) is 2.05. The molecule has 1 aliphatic rings. The summed E-state index contributed by atoms with van der Waals surface area (Å²) in [5.74, 6) is 0.996. The van der Waals surface area contributed by atoms with Crippen LogP contribution in [0.25, 0.3) is 0 Å². The van der Waals surface area contributed by atoms with Crippen LogP contribution < -0.4 is 9.64 Å². The van der Waals surface area contributed by atoms with Crippen LogP contribution in [0, 0.1) is 0 Å². The van der Waals surface area contributed by atoms with Crippen molar-refractivity contribution in [3.63, 3.8) is 0 Å². The molecule has 0 bridgehead atoms. The Kier molecular flexibility index (Phi) is 2.86. The van der Waals surface area contributed by atoms with Crippen molar-refractivity contribution in [1.82, 2.24) is 0 Å². The van der Waals surface area contributed by atoms with Crippen molar-refractivity contribution in [2.45, 2.75) is 33.3 Å². The van der Waals surface area contributed by atoms with Gasteiger partial charge in [-0.1, -0.05) is 0 Å². The molecule has 1 heterocycles. The molecule has 0 spiro atoms. The molecule has 0 saturated carbocycles. The van der Waals surface area contributed by atoms with Gasteiger partial charge in [0.1, 0.15) is 5.75 Å². The van der Waals surface area contributed by atoms with E-state index in [-0.39, 0.29) is 12.0 Å². The molecule has 0 saturated heterocycles. The van der Waals surface area contributed by atoms with Crippen molar-refractivity contribution < 1.29 is 9.53 Å². The average Bonchev–Trinajstić information content (AvgIpc) is 2.59. The summed E-state index contributed by atoms with van der Waals surface area (Å²) in [4.78, 5) is 13.2. The van der Waals surface area contributed by atoms with Gasteiger partial charge in [-0.05, 0) is 44.0 Å². The molecule has 2 rings (SSSR count). The van der Waals surface area contributed by atoms with E-state index in [1.807, 2.05) is 36.9 Å². The minimum Gasteiger partial charge on any atom is -0.491 e. The van der Waals surface area contributed by atoms with Crippen LogP contribution in [0.5, 0.6) is 5.75 Å². The number of ether oxygens (including phenoxy) is 1. The molecule has 0 aromatic heterocycles. The number of rotatable bonds is 2. The van der Waals surface area contributed by atoms with E-state index in [1.54, 1.807) is 6.92 Å². The molecule has 86 valence electrons. The molecule has 0 aliphatic carbocycles. The maximum atomic E-state index is 11.4. The van der Waals surface area contributed by atoms with Crippen molar-refractivity contribution in [1.29, 1.82) is 0 Å². The third-order valence-corrected chi connectivity index (χ3v) is 2.70. The van der Waals surface area contributed by atoms with Crippen LogP contribution in [0.2, 0.25) is 0 Å².